The highest BCUT2D eigenvalue weighted by atomic mass is 19.4. The average Bonchev–Trinajstić information content (AvgIpc) is 2.72. The fourth-order valence-corrected chi connectivity index (χ4v) is 2.02. The van der Waals surface area contributed by atoms with Crippen molar-refractivity contribution < 1.29 is 22.7 Å². The lowest BCUT2D eigenvalue weighted by Crippen LogP contribution is -2.39. The number of alkyl halides is 3. The molecule has 6 nitrogen and oxygen atoms in total. The van der Waals surface area contributed by atoms with Gasteiger partial charge in [0.05, 0.1) is 24.9 Å². The summed E-state index contributed by atoms with van der Waals surface area (Å²) in [4.78, 5) is 11.3. The molecule has 0 bridgehead atoms. The largest absolute Gasteiger partial charge is 0.481 e. The summed E-state index contributed by atoms with van der Waals surface area (Å²) in [5.74, 6) is 0.00383. The molecule has 0 aliphatic heterocycles. The number of rotatable bonds is 7. The Balaban J connectivity index is 2.59. The number of halogens is 3. The minimum Gasteiger partial charge on any atom is -0.481 e. The van der Waals surface area contributed by atoms with Crippen molar-refractivity contribution in [3.8, 4) is 5.88 Å². The van der Waals surface area contributed by atoms with Crippen LogP contribution in [0.2, 0.25) is 0 Å². The second-order valence-electron chi connectivity index (χ2n) is 5.15. The van der Waals surface area contributed by atoms with E-state index in [1.165, 1.54) is 7.11 Å². The summed E-state index contributed by atoms with van der Waals surface area (Å²) in [7, 11) is 3.25. The van der Waals surface area contributed by atoms with Crippen LogP contribution in [0.5, 0.6) is 5.88 Å². The fraction of sp³-hybridized carbons (Fsp3) is 0.692. The Morgan fingerprint density at radius 2 is 2.05 bits per heavy atom. The van der Waals surface area contributed by atoms with Gasteiger partial charge in [0.15, 0.2) is 0 Å². The number of aryl methyl sites for hydroxylation is 1. The van der Waals surface area contributed by atoms with E-state index in [9.17, 15) is 18.0 Å². The van der Waals surface area contributed by atoms with E-state index in [-0.39, 0.29) is 19.0 Å². The van der Waals surface area contributed by atoms with Crippen molar-refractivity contribution >= 4 is 5.91 Å². The highest BCUT2D eigenvalue weighted by molar-refractivity contribution is 5.78. The molecule has 1 amide bonds. The molecule has 0 radical (unpaired) electrons. The maximum atomic E-state index is 12.0. The molecule has 2 N–H and O–H groups in total. The Hall–Kier alpha value is -1.77. The van der Waals surface area contributed by atoms with Gasteiger partial charge in [-0.15, -0.1) is 0 Å². The number of carbonyl (C=O) groups excluding carboxylic acids is 1. The fourth-order valence-electron chi connectivity index (χ4n) is 2.02. The smallest absolute Gasteiger partial charge is 0.405 e. The maximum Gasteiger partial charge on any atom is 0.405 e. The molecule has 126 valence electrons. The lowest BCUT2D eigenvalue weighted by Gasteiger charge is -2.10. The third-order valence-corrected chi connectivity index (χ3v) is 2.93. The number of aromatic nitrogens is 2. The van der Waals surface area contributed by atoms with E-state index in [1.54, 1.807) is 17.0 Å². The molecule has 0 fully saturated rings. The van der Waals surface area contributed by atoms with Crippen LogP contribution in [-0.2, 0) is 18.4 Å². The SMILES string of the molecule is COc1c(CNCC(=O)NCC(F)(F)F)c(C(C)C)nn1C. The molecule has 1 rings (SSSR count). The Morgan fingerprint density at radius 3 is 2.55 bits per heavy atom. The standard InChI is InChI=1S/C13H21F3N4O2/c1-8(2)11-9(12(22-4)20(3)19-11)5-17-6-10(21)18-7-13(14,15)16/h8,17H,5-7H2,1-4H3,(H,18,21). The molecule has 0 saturated heterocycles. The van der Waals surface area contributed by atoms with E-state index in [2.05, 4.69) is 10.4 Å². The molecule has 1 heterocycles. The van der Waals surface area contributed by atoms with Crippen LogP contribution in [0.4, 0.5) is 13.2 Å². The topological polar surface area (TPSA) is 68.2 Å². The lowest BCUT2D eigenvalue weighted by atomic mass is 10.1. The van der Waals surface area contributed by atoms with Gasteiger partial charge in [0.2, 0.25) is 11.8 Å². The van der Waals surface area contributed by atoms with E-state index in [0.29, 0.717) is 5.88 Å². The van der Waals surface area contributed by atoms with Gasteiger partial charge in [0, 0.05) is 13.6 Å². The highest BCUT2D eigenvalue weighted by Gasteiger charge is 2.27. The van der Waals surface area contributed by atoms with Gasteiger partial charge in [-0.05, 0) is 5.92 Å². The van der Waals surface area contributed by atoms with Crippen molar-refractivity contribution in [2.75, 3.05) is 20.2 Å². The van der Waals surface area contributed by atoms with Crippen molar-refractivity contribution in [2.24, 2.45) is 7.05 Å². The molecule has 0 spiro atoms. The highest BCUT2D eigenvalue weighted by Crippen LogP contribution is 2.26. The van der Waals surface area contributed by atoms with E-state index in [4.69, 9.17) is 4.74 Å². The minimum atomic E-state index is -4.41. The van der Waals surface area contributed by atoms with Crippen molar-refractivity contribution in [1.82, 2.24) is 20.4 Å². The number of nitrogens with one attached hydrogen (secondary N) is 2. The zero-order valence-corrected chi connectivity index (χ0v) is 13.0. The van der Waals surface area contributed by atoms with Gasteiger partial charge in [-0.1, -0.05) is 13.8 Å². The van der Waals surface area contributed by atoms with E-state index in [1.807, 2.05) is 13.8 Å². The molecule has 0 atom stereocenters. The summed E-state index contributed by atoms with van der Waals surface area (Å²) in [6, 6.07) is 0. The van der Waals surface area contributed by atoms with Crippen LogP contribution in [0.3, 0.4) is 0 Å². The molecule has 0 aliphatic rings. The third-order valence-electron chi connectivity index (χ3n) is 2.93. The first-order chi connectivity index (χ1) is 10.2. The van der Waals surface area contributed by atoms with E-state index >= 15 is 0 Å². The number of methoxy groups -OCH3 is 1. The maximum absolute atomic E-state index is 12.0. The first-order valence-electron chi connectivity index (χ1n) is 6.79. The van der Waals surface area contributed by atoms with Crippen molar-refractivity contribution in [3.63, 3.8) is 0 Å². The van der Waals surface area contributed by atoms with Crippen LogP contribution in [-0.4, -0.2) is 42.1 Å². The number of nitrogens with zero attached hydrogens (tertiary/aromatic N) is 2. The molecule has 0 aromatic carbocycles. The predicted octanol–water partition coefficient (Wildman–Crippen LogP) is 1.32. The van der Waals surface area contributed by atoms with Gasteiger partial charge in [0.1, 0.15) is 6.54 Å². The van der Waals surface area contributed by atoms with Crippen LogP contribution < -0.4 is 15.4 Å². The molecule has 0 saturated carbocycles. The molecule has 0 aliphatic carbocycles. The number of carbonyl (C=O) groups is 1. The number of hydrogen-bond donors (Lipinski definition) is 2. The number of hydrogen-bond acceptors (Lipinski definition) is 4. The normalized spacial score (nSPS) is 11.8. The summed E-state index contributed by atoms with van der Waals surface area (Å²) >= 11 is 0. The predicted molar refractivity (Wildman–Crippen MR) is 74.6 cm³/mol. The Bertz CT molecular complexity index is 512. The molecule has 1 aromatic rings. The second-order valence-corrected chi connectivity index (χ2v) is 5.15. The lowest BCUT2D eigenvalue weighted by molar-refractivity contribution is -0.137. The van der Waals surface area contributed by atoms with E-state index < -0.39 is 18.6 Å². The van der Waals surface area contributed by atoms with Crippen LogP contribution in [0.25, 0.3) is 0 Å². The van der Waals surface area contributed by atoms with Crippen LogP contribution >= 0.6 is 0 Å². The summed E-state index contributed by atoms with van der Waals surface area (Å²) in [5, 5.41) is 8.96. The zero-order chi connectivity index (χ0) is 16.9. The monoisotopic (exact) mass is 322 g/mol. The van der Waals surface area contributed by atoms with Gasteiger partial charge in [-0.2, -0.15) is 18.3 Å². The van der Waals surface area contributed by atoms with Crippen LogP contribution in [0, 0.1) is 0 Å². The summed E-state index contributed by atoms with van der Waals surface area (Å²) < 4.78 is 42.8. The van der Waals surface area contributed by atoms with Gasteiger partial charge in [0.25, 0.3) is 0 Å². The minimum absolute atomic E-state index is 0.158. The Morgan fingerprint density at radius 1 is 1.41 bits per heavy atom. The van der Waals surface area contributed by atoms with Crippen molar-refractivity contribution in [2.45, 2.75) is 32.5 Å². The van der Waals surface area contributed by atoms with Crippen LogP contribution in [0.15, 0.2) is 0 Å². The number of ether oxygens (including phenoxy) is 1. The Labute approximate surface area is 127 Å². The second kappa shape index (κ2) is 7.48. The van der Waals surface area contributed by atoms with Crippen molar-refractivity contribution in [1.29, 1.82) is 0 Å². The molecule has 22 heavy (non-hydrogen) atoms. The van der Waals surface area contributed by atoms with E-state index in [0.717, 1.165) is 11.3 Å². The molecule has 0 unspecified atom stereocenters. The first kappa shape index (κ1) is 18.3. The summed E-state index contributed by atoms with van der Waals surface area (Å²) in [5.41, 5.74) is 1.62. The molecular formula is C13H21F3N4O2. The molecule has 9 heteroatoms. The molecule has 1 aromatic heterocycles. The molecular weight excluding hydrogens is 301 g/mol. The average molecular weight is 322 g/mol. The van der Waals surface area contributed by atoms with Crippen LogP contribution in [0.1, 0.15) is 31.0 Å². The first-order valence-corrected chi connectivity index (χ1v) is 6.79. The summed E-state index contributed by atoms with van der Waals surface area (Å²) in [6.07, 6.45) is -4.41. The van der Waals surface area contributed by atoms with Gasteiger partial charge >= 0.3 is 6.18 Å². The summed E-state index contributed by atoms with van der Waals surface area (Å²) in [6.45, 7) is 2.68. The van der Waals surface area contributed by atoms with Crippen molar-refractivity contribution in [3.05, 3.63) is 11.3 Å². The zero-order valence-electron chi connectivity index (χ0n) is 13.0. The van der Waals surface area contributed by atoms with Gasteiger partial charge in [-0.25, -0.2) is 4.68 Å². The van der Waals surface area contributed by atoms with Gasteiger partial charge in [-0.3, -0.25) is 4.79 Å². The Kier molecular flexibility index (Phi) is 6.21. The van der Waals surface area contributed by atoms with Gasteiger partial charge < -0.3 is 15.4 Å². The number of amides is 1. The third kappa shape index (κ3) is 5.21. The quantitative estimate of drug-likeness (QED) is 0.794.